The molecule has 3 heterocycles. The first-order valence-corrected chi connectivity index (χ1v) is 12.2. The van der Waals surface area contributed by atoms with E-state index in [1.165, 1.54) is 34.8 Å². The quantitative estimate of drug-likeness (QED) is 0.497. The second-order valence-corrected chi connectivity index (χ2v) is 9.14. The third-order valence-electron chi connectivity index (χ3n) is 6.79. The van der Waals surface area contributed by atoms with Gasteiger partial charge in [-0.2, -0.15) is 0 Å². The number of benzene rings is 1. The topological polar surface area (TPSA) is 132 Å². The molecule has 1 aromatic heterocycles. The van der Waals surface area contributed by atoms with Gasteiger partial charge < -0.3 is 29.5 Å². The molecule has 200 valence electrons. The number of hydrogen-bond acceptors (Lipinski definition) is 8. The number of anilines is 1. The van der Waals surface area contributed by atoms with Gasteiger partial charge in [0.15, 0.2) is 5.69 Å². The molecule has 2 amide bonds. The fourth-order valence-electron chi connectivity index (χ4n) is 4.73. The van der Waals surface area contributed by atoms with E-state index in [0.29, 0.717) is 70.0 Å². The highest BCUT2D eigenvalue weighted by Gasteiger charge is 2.41. The van der Waals surface area contributed by atoms with Crippen LogP contribution in [0.4, 0.5) is 10.1 Å². The minimum atomic E-state index is -0.770. The van der Waals surface area contributed by atoms with Gasteiger partial charge in [-0.15, -0.1) is 0 Å². The molecule has 1 aromatic carbocycles. The lowest BCUT2D eigenvalue weighted by molar-refractivity contribution is -0.107. The maximum Gasteiger partial charge on any atom is 0.296 e. The van der Waals surface area contributed by atoms with Crippen LogP contribution in [0.1, 0.15) is 41.1 Å². The van der Waals surface area contributed by atoms with Crippen LogP contribution in [0.3, 0.4) is 0 Å². The molecule has 0 radical (unpaired) electrons. The summed E-state index contributed by atoms with van der Waals surface area (Å²) in [5.74, 6) is -1.66. The van der Waals surface area contributed by atoms with Crippen molar-refractivity contribution >= 4 is 18.0 Å². The molecule has 12 heteroatoms. The monoisotopic (exact) mass is 518 g/mol. The van der Waals surface area contributed by atoms with Crippen LogP contribution in [0.15, 0.2) is 23.0 Å². The molecule has 0 saturated carbocycles. The molecule has 2 aliphatic heterocycles. The van der Waals surface area contributed by atoms with E-state index in [0.717, 1.165) is 0 Å². The van der Waals surface area contributed by atoms with Crippen molar-refractivity contribution in [2.45, 2.75) is 37.8 Å². The summed E-state index contributed by atoms with van der Waals surface area (Å²) in [6.07, 6.45) is 2.24. The van der Waals surface area contributed by atoms with Crippen molar-refractivity contribution in [1.29, 1.82) is 0 Å². The van der Waals surface area contributed by atoms with Crippen molar-refractivity contribution in [3.05, 3.63) is 51.5 Å². The Kier molecular flexibility index (Phi) is 8.52. The van der Waals surface area contributed by atoms with E-state index in [4.69, 9.17) is 14.2 Å². The summed E-state index contributed by atoms with van der Waals surface area (Å²) in [7, 11) is 1.48. The first-order valence-electron chi connectivity index (χ1n) is 12.2. The van der Waals surface area contributed by atoms with Gasteiger partial charge in [-0.3, -0.25) is 19.0 Å². The predicted molar refractivity (Wildman–Crippen MR) is 130 cm³/mol. The summed E-state index contributed by atoms with van der Waals surface area (Å²) >= 11 is 0. The molecular formula is C25H31FN4O7. The summed E-state index contributed by atoms with van der Waals surface area (Å²) < 4.78 is 31.8. The van der Waals surface area contributed by atoms with Crippen LogP contribution in [0, 0.1) is 5.82 Å². The largest absolute Gasteiger partial charge is 0.501 e. The molecular weight excluding hydrogens is 487 g/mol. The Balaban J connectivity index is 1.65. The molecule has 0 atom stereocenters. The van der Waals surface area contributed by atoms with Crippen molar-refractivity contribution < 1.29 is 33.3 Å². The number of carbonyl (C=O) groups excluding carboxylic acids is 2. The summed E-state index contributed by atoms with van der Waals surface area (Å²) in [5.41, 5.74) is -0.970. The summed E-state index contributed by atoms with van der Waals surface area (Å²) in [6, 6.07) is 3.85. The van der Waals surface area contributed by atoms with Crippen molar-refractivity contribution in [2.75, 3.05) is 51.6 Å². The maximum atomic E-state index is 14.0. The number of hydrogen-bond donors (Lipinski definition) is 2. The van der Waals surface area contributed by atoms with Crippen molar-refractivity contribution in [3.63, 3.8) is 0 Å². The number of amides is 2. The minimum Gasteiger partial charge on any atom is -0.501 e. The maximum absolute atomic E-state index is 14.0. The number of rotatable bonds is 8. The van der Waals surface area contributed by atoms with E-state index in [1.807, 2.05) is 0 Å². The Bertz CT molecular complexity index is 1200. The van der Waals surface area contributed by atoms with Gasteiger partial charge in [0.05, 0.1) is 24.3 Å². The van der Waals surface area contributed by atoms with Gasteiger partial charge in [0.2, 0.25) is 12.2 Å². The second-order valence-electron chi connectivity index (χ2n) is 9.14. The van der Waals surface area contributed by atoms with Crippen LogP contribution in [0.5, 0.6) is 5.75 Å². The van der Waals surface area contributed by atoms with Crippen molar-refractivity contribution in [1.82, 2.24) is 14.9 Å². The highest BCUT2D eigenvalue weighted by molar-refractivity contribution is 5.94. The van der Waals surface area contributed by atoms with Crippen molar-refractivity contribution in [2.24, 2.45) is 0 Å². The van der Waals surface area contributed by atoms with Crippen LogP contribution in [0.2, 0.25) is 0 Å². The molecule has 37 heavy (non-hydrogen) atoms. The molecule has 1 saturated heterocycles. The number of nitrogens with zero attached hydrogens (tertiary/aromatic N) is 3. The van der Waals surface area contributed by atoms with Gasteiger partial charge in [-0.25, -0.2) is 9.37 Å². The smallest absolute Gasteiger partial charge is 0.296 e. The third kappa shape index (κ3) is 5.65. The van der Waals surface area contributed by atoms with Gasteiger partial charge in [-0.1, -0.05) is 6.07 Å². The van der Waals surface area contributed by atoms with Crippen LogP contribution < -0.4 is 15.8 Å². The van der Waals surface area contributed by atoms with E-state index in [9.17, 15) is 23.9 Å². The number of aromatic hydroxyl groups is 1. The van der Waals surface area contributed by atoms with E-state index < -0.39 is 34.1 Å². The van der Waals surface area contributed by atoms with E-state index in [-0.39, 0.29) is 25.4 Å². The molecule has 0 aliphatic carbocycles. The Morgan fingerprint density at radius 1 is 1.32 bits per heavy atom. The van der Waals surface area contributed by atoms with Gasteiger partial charge in [0, 0.05) is 46.6 Å². The zero-order chi connectivity index (χ0) is 26.4. The van der Waals surface area contributed by atoms with Crippen LogP contribution >= 0.6 is 0 Å². The number of halogens is 1. The average Bonchev–Trinajstić information content (AvgIpc) is 2.90. The van der Waals surface area contributed by atoms with Crippen molar-refractivity contribution in [3.8, 4) is 5.75 Å². The Morgan fingerprint density at radius 3 is 2.84 bits per heavy atom. The van der Waals surface area contributed by atoms with E-state index in [1.54, 1.807) is 0 Å². The summed E-state index contributed by atoms with van der Waals surface area (Å²) in [6.45, 7) is 2.35. The summed E-state index contributed by atoms with van der Waals surface area (Å²) in [4.78, 5) is 43.7. The van der Waals surface area contributed by atoms with Crippen LogP contribution in [-0.4, -0.2) is 73.7 Å². The average molecular weight is 519 g/mol. The molecule has 1 spiro atoms. The lowest BCUT2D eigenvalue weighted by Crippen LogP contribution is -2.46. The third-order valence-corrected chi connectivity index (χ3v) is 6.79. The normalized spacial score (nSPS) is 16.9. The minimum absolute atomic E-state index is 0.104. The zero-order valence-electron chi connectivity index (χ0n) is 20.7. The van der Waals surface area contributed by atoms with Gasteiger partial charge in [-0.05, 0) is 37.0 Å². The number of fused-ring (bicyclic) bond motifs is 2. The summed E-state index contributed by atoms with van der Waals surface area (Å²) in [5, 5.41) is 13.3. The van der Waals surface area contributed by atoms with Gasteiger partial charge >= 0.3 is 0 Å². The lowest BCUT2D eigenvalue weighted by atomic mass is 9.79. The Hall–Kier alpha value is -3.35. The fraction of sp³-hybridized carbons (Fsp3) is 0.520. The molecule has 1 fully saturated rings. The zero-order valence-corrected chi connectivity index (χ0v) is 20.7. The van der Waals surface area contributed by atoms with Crippen LogP contribution in [0.25, 0.3) is 0 Å². The Morgan fingerprint density at radius 2 is 2.11 bits per heavy atom. The fourth-order valence-corrected chi connectivity index (χ4v) is 4.73. The first kappa shape index (κ1) is 26.7. The highest BCUT2D eigenvalue weighted by Crippen LogP contribution is 2.35. The number of ether oxygens (including phenoxy) is 3. The Labute approximate surface area is 213 Å². The highest BCUT2D eigenvalue weighted by atomic mass is 19.1. The SMILES string of the molecule is COCCN(C=O)c1cc(F)ccc1CNC(=O)c1nc2n(c(=O)c1O)CCCOCC21CCOCC1. The molecule has 2 N–H and O–H groups in total. The molecule has 0 bridgehead atoms. The van der Waals surface area contributed by atoms with Gasteiger partial charge in [0.25, 0.3) is 11.5 Å². The molecule has 2 aromatic rings. The van der Waals surface area contributed by atoms with E-state index in [2.05, 4.69) is 10.3 Å². The standard InChI is InChI=1S/C25H31FN4O7/c1-35-12-8-29(16-31)19-13-18(26)4-3-17(19)14-27-22(33)20-21(32)23(34)30-7-2-9-37-15-25(24(30)28-20)5-10-36-11-6-25/h3-4,13,16,32H,2,5-12,14-15H2,1H3,(H,27,33). The number of carbonyl (C=O) groups is 2. The number of aromatic nitrogens is 2. The molecule has 11 nitrogen and oxygen atoms in total. The van der Waals surface area contributed by atoms with Crippen LogP contribution in [-0.2, 0) is 37.5 Å². The molecule has 0 unspecified atom stereocenters. The molecule has 2 aliphatic rings. The predicted octanol–water partition coefficient (Wildman–Crippen LogP) is 1.10. The second kappa shape index (κ2) is 11.8. The molecule has 4 rings (SSSR count). The lowest BCUT2D eigenvalue weighted by Gasteiger charge is -2.38. The number of methoxy groups -OCH3 is 1. The van der Waals surface area contributed by atoms with Gasteiger partial charge in [0.1, 0.15) is 11.6 Å². The first-order chi connectivity index (χ1) is 17.9. The number of nitrogens with one attached hydrogen (secondary N) is 1. The van der Waals surface area contributed by atoms with E-state index >= 15 is 0 Å².